The molecule has 0 amide bonds. The van der Waals surface area contributed by atoms with E-state index in [1.54, 1.807) is 0 Å². The van der Waals surface area contributed by atoms with Crippen LogP contribution in [0.15, 0.2) is 28.8 Å². The molecule has 120 valence electrons. The molecule has 3 rings (SSSR count). The SMILES string of the molecule is CCOc1ccccc1OCc1nc(C2(N)CCC2)no1.Cl. The average Bonchev–Trinajstić information content (AvgIpc) is 2.93. The van der Waals surface area contributed by atoms with E-state index >= 15 is 0 Å². The molecule has 1 fully saturated rings. The van der Waals surface area contributed by atoms with E-state index in [0.717, 1.165) is 19.3 Å². The third-order valence-electron chi connectivity index (χ3n) is 3.66. The Morgan fingerprint density at radius 2 is 1.91 bits per heavy atom. The fourth-order valence-corrected chi connectivity index (χ4v) is 2.28. The predicted octanol–water partition coefficient (Wildman–Crippen LogP) is 2.81. The minimum Gasteiger partial charge on any atom is -0.490 e. The van der Waals surface area contributed by atoms with Crippen molar-refractivity contribution in [2.24, 2.45) is 5.73 Å². The zero-order valence-electron chi connectivity index (χ0n) is 12.4. The number of halogens is 1. The lowest BCUT2D eigenvalue weighted by Crippen LogP contribution is -2.44. The van der Waals surface area contributed by atoms with E-state index in [-0.39, 0.29) is 19.0 Å². The summed E-state index contributed by atoms with van der Waals surface area (Å²) in [6.07, 6.45) is 2.92. The Morgan fingerprint density at radius 3 is 2.50 bits per heavy atom. The van der Waals surface area contributed by atoms with Crippen molar-refractivity contribution >= 4 is 12.4 Å². The molecule has 1 aliphatic rings. The van der Waals surface area contributed by atoms with Crippen molar-refractivity contribution in [1.29, 1.82) is 0 Å². The fraction of sp³-hybridized carbons (Fsp3) is 0.467. The Morgan fingerprint density at radius 1 is 1.23 bits per heavy atom. The highest BCUT2D eigenvalue weighted by Crippen LogP contribution is 2.37. The van der Waals surface area contributed by atoms with Crippen LogP contribution >= 0.6 is 12.4 Å². The van der Waals surface area contributed by atoms with Gasteiger partial charge in [0, 0.05) is 0 Å². The van der Waals surface area contributed by atoms with Gasteiger partial charge < -0.3 is 19.7 Å². The highest BCUT2D eigenvalue weighted by Gasteiger charge is 2.38. The van der Waals surface area contributed by atoms with Gasteiger partial charge in [0.1, 0.15) is 0 Å². The molecule has 1 saturated carbocycles. The number of nitrogens with two attached hydrogens (primary N) is 1. The molecule has 2 aromatic rings. The minimum absolute atomic E-state index is 0. The number of hydrogen-bond acceptors (Lipinski definition) is 6. The van der Waals surface area contributed by atoms with E-state index in [2.05, 4.69) is 10.1 Å². The smallest absolute Gasteiger partial charge is 0.264 e. The number of nitrogens with zero attached hydrogens (tertiary/aromatic N) is 2. The van der Waals surface area contributed by atoms with Crippen molar-refractivity contribution in [1.82, 2.24) is 10.1 Å². The molecule has 1 aromatic carbocycles. The molecule has 0 spiro atoms. The summed E-state index contributed by atoms with van der Waals surface area (Å²) in [5.41, 5.74) is 5.75. The number of aromatic nitrogens is 2. The van der Waals surface area contributed by atoms with E-state index in [4.69, 9.17) is 19.7 Å². The second-order valence-corrected chi connectivity index (χ2v) is 5.19. The number of hydrogen-bond donors (Lipinski definition) is 1. The molecule has 1 aliphatic carbocycles. The monoisotopic (exact) mass is 325 g/mol. The molecule has 22 heavy (non-hydrogen) atoms. The van der Waals surface area contributed by atoms with Crippen molar-refractivity contribution < 1.29 is 14.0 Å². The van der Waals surface area contributed by atoms with Gasteiger partial charge in [-0.25, -0.2) is 0 Å². The summed E-state index contributed by atoms with van der Waals surface area (Å²) in [4.78, 5) is 4.33. The fourth-order valence-electron chi connectivity index (χ4n) is 2.28. The van der Waals surface area contributed by atoms with Crippen molar-refractivity contribution in [2.45, 2.75) is 38.3 Å². The van der Waals surface area contributed by atoms with Crippen LogP contribution in [0.25, 0.3) is 0 Å². The normalized spacial score (nSPS) is 15.5. The minimum atomic E-state index is -0.412. The first-order chi connectivity index (χ1) is 10.2. The number of ether oxygens (including phenoxy) is 2. The molecule has 0 atom stereocenters. The largest absolute Gasteiger partial charge is 0.490 e. The third-order valence-corrected chi connectivity index (χ3v) is 3.66. The molecule has 0 bridgehead atoms. The second kappa shape index (κ2) is 6.98. The molecular weight excluding hydrogens is 306 g/mol. The summed E-state index contributed by atoms with van der Waals surface area (Å²) < 4.78 is 16.4. The zero-order chi connectivity index (χ0) is 14.7. The van der Waals surface area contributed by atoms with Crippen molar-refractivity contribution in [2.75, 3.05) is 6.61 Å². The molecule has 0 saturated heterocycles. The molecule has 0 unspecified atom stereocenters. The number of para-hydroxylation sites is 2. The lowest BCUT2D eigenvalue weighted by atomic mass is 9.77. The molecule has 1 heterocycles. The highest BCUT2D eigenvalue weighted by molar-refractivity contribution is 5.85. The van der Waals surface area contributed by atoms with E-state index in [1.807, 2.05) is 31.2 Å². The van der Waals surface area contributed by atoms with Gasteiger partial charge in [0.25, 0.3) is 5.89 Å². The van der Waals surface area contributed by atoms with Gasteiger partial charge in [0.2, 0.25) is 0 Å². The number of benzene rings is 1. The highest BCUT2D eigenvalue weighted by atomic mass is 35.5. The average molecular weight is 326 g/mol. The van der Waals surface area contributed by atoms with E-state index in [9.17, 15) is 0 Å². The van der Waals surface area contributed by atoms with Gasteiger partial charge in [-0.05, 0) is 38.3 Å². The van der Waals surface area contributed by atoms with Gasteiger partial charge in [-0.1, -0.05) is 17.3 Å². The first kappa shape index (κ1) is 16.6. The summed E-state index contributed by atoms with van der Waals surface area (Å²) in [6.45, 7) is 2.72. The van der Waals surface area contributed by atoms with Gasteiger partial charge >= 0.3 is 0 Å². The first-order valence-corrected chi connectivity index (χ1v) is 7.18. The molecular formula is C15H20ClN3O3. The van der Waals surface area contributed by atoms with Crippen LogP contribution in [0.1, 0.15) is 37.9 Å². The van der Waals surface area contributed by atoms with Crippen molar-refractivity contribution in [3.63, 3.8) is 0 Å². The van der Waals surface area contributed by atoms with Gasteiger partial charge in [-0.2, -0.15) is 4.98 Å². The number of rotatable bonds is 6. The van der Waals surface area contributed by atoms with Crippen molar-refractivity contribution in [3.05, 3.63) is 36.0 Å². The van der Waals surface area contributed by atoms with Gasteiger partial charge in [-0.3, -0.25) is 0 Å². The van der Waals surface area contributed by atoms with Gasteiger partial charge in [0.15, 0.2) is 23.9 Å². The standard InChI is InChI=1S/C15H19N3O3.ClH/c1-2-19-11-6-3-4-7-12(11)20-10-13-17-14(18-21-13)15(16)8-5-9-15;/h3-4,6-7H,2,5,8-10,16H2,1H3;1H. The molecule has 0 aliphatic heterocycles. The van der Waals surface area contributed by atoms with Crippen LogP contribution in [0.3, 0.4) is 0 Å². The van der Waals surface area contributed by atoms with Crippen molar-refractivity contribution in [3.8, 4) is 11.5 Å². The topological polar surface area (TPSA) is 83.4 Å². The van der Waals surface area contributed by atoms with Gasteiger partial charge in [0.05, 0.1) is 12.1 Å². The van der Waals surface area contributed by atoms with Crippen LogP contribution < -0.4 is 15.2 Å². The predicted molar refractivity (Wildman–Crippen MR) is 83.2 cm³/mol. The quantitative estimate of drug-likeness (QED) is 0.879. The Bertz CT molecular complexity index is 614. The lowest BCUT2D eigenvalue weighted by molar-refractivity contribution is 0.218. The van der Waals surface area contributed by atoms with Crippen LogP contribution in [0.5, 0.6) is 11.5 Å². The van der Waals surface area contributed by atoms with Gasteiger partial charge in [-0.15, -0.1) is 12.4 Å². The van der Waals surface area contributed by atoms with E-state index < -0.39 is 5.54 Å². The third kappa shape index (κ3) is 3.34. The summed E-state index contributed by atoms with van der Waals surface area (Å²) >= 11 is 0. The summed E-state index contributed by atoms with van der Waals surface area (Å²) in [5, 5.41) is 3.96. The molecule has 6 nitrogen and oxygen atoms in total. The maximum absolute atomic E-state index is 6.16. The second-order valence-electron chi connectivity index (χ2n) is 5.19. The van der Waals surface area contributed by atoms with Crippen LogP contribution in [0.2, 0.25) is 0 Å². The molecule has 7 heteroatoms. The maximum atomic E-state index is 6.16. The van der Waals surface area contributed by atoms with Crippen LogP contribution in [-0.2, 0) is 12.1 Å². The molecule has 1 aromatic heterocycles. The Balaban J connectivity index is 0.00000176. The first-order valence-electron chi connectivity index (χ1n) is 7.18. The summed E-state index contributed by atoms with van der Waals surface area (Å²) in [5.74, 6) is 2.36. The Kier molecular flexibility index (Phi) is 5.26. The Hall–Kier alpha value is -1.79. The summed E-state index contributed by atoms with van der Waals surface area (Å²) in [7, 11) is 0. The Labute approximate surface area is 135 Å². The van der Waals surface area contributed by atoms with E-state index in [1.165, 1.54) is 0 Å². The van der Waals surface area contributed by atoms with E-state index in [0.29, 0.717) is 29.8 Å². The zero-order valence-corrected chi connectivity index (χ0v) is 13.3. The summed E-state index contributed by atoms with van der Waals surface area (Å²) in [6, 6.07) is 7.50. The maximum Gasteiger partial charge on any atom is 0.264 e. The van der Waals surface area contributed by atoms with Crippen LogP contribution in [-0.4, -0.2) is 16.7 Å². The lowest BCUT2D eigenvalue weighted by Gasteiger charge is -2.34. The molecule has 2 N–H and O–H groups in total. The van der Waals surface area contributed by atoms with Crippen LogP contribution in [0.4, 0.5) is 0 Å². The van der Waals surface area contributed by atoms with Crippen LogP contribution in [0, 0.1) is 0 Å². The molecule has 0 radical (unpaired) electrons.